The van der Waals surface area contributed by atoms with Crippen molar-refractivity contribution in [3.63, 3.8) is 0 Å². The highest BCUT2D eigenvalue weighted by Crippen LogP contribution is 2.44. The van der Waals surface area contributed by atoms with Crippen LogP contribution in [0.2, 0.25) is 0 Å². The summed E-state index contributed by atoms with van der Waals surface area (Å²) in [4.78, 5) is 11.0. The summed E-state index contributed by atoms with van der Waals surface area (Å²) in [6.07, 6.45) is 1.87. The SMILES string of the molecule is CC(C)(C)c1cc(-c2cc(N(c3ccccc3)c3ccccn3)cc(C(C)(C)C)c2)cc(-c2cc(C(C)(C)C)cc3c2[nH]c2ccc(C(C)(C)C)cc23)c1. The number of nitrogens with zero attached hydrogens (tertiary/aromatic N) is 2. The molecule has 0 atom stereocenters. The van der Waals surface area contributed by atoms with Gasteiger partial charge in [-0.05, 0) is 127 Å². The second-order valence-electron chi connectivity index (χ2n) is 19.3. The van der Waals surface area contributed by atoms with Crippen molar-refractivity contribution in [1.82, 2.24) is 9.97 Å². The quantitative estimate of drug-likeness (QED) is 0.193. The molecule has 0 unspecified atom stereocenters. The van der Waals surface area contributed by atoms with Crippen LogP contribution in [0.25, 0.3) is 44.1 Å². The first kappa shape index (κ1) is 37.2. The number of benzene rings is 5. The van der Waals surface area contributed by atoms with Gasteiger partial charge in [0.2, 0.25) is 0 Å². The summed E-state index contributed by atoms with van der Waals surface area (Å²) in [5.41, 5.74) is 14.6. The molecule has 54 heavy (non-hydrogen) atoms. The summed E-state index contributed by atoms with van der Waals surface area (Å²) in [6, 6.07) is 42.9. The van der Waals surface area contributed by atoms with E-state index in [1.165, 1.54) is 66.3 Å². The van der Waals surface area contributed by atoms with Crippen LogP contribution in [0, 0.1) is 0 Å². The lowest BCUT2D eigenvalue weighted by Crippen LogP contribution is -2.16. The van der Waals surface area contributed by atoms with Gasteiger partial charge in [0, 0.05) is 39.4 Å². The number of rotatable bonds is 5. The number of pyridine rings is 1. The molecule has 0 amide bonds. The molecule has 7 rings (SSSR count). The zero-order chi connectivity index (χ0) is 38.8. The Labute approximate surface area is 323 Å². The first-order chi connectivity index (χ1) is 25.3. The van der Waals surface area contributed by atoms with Crippen molar-refractivity contribution in [3.05, 3.63) is 144 Å². The predicted octanol–water partition coefficient (Wildman–Crippen LogP) is 14.7. The number of nitrogens with one attached hydrogen (secondary N) is 1. The van der Waals surface area contributed by atoms with E-state index >= 15 is 0 Å². The highest BCUT2D eigenvalue weighted by atomic mass is 15.2. The molecule has 1 N–H and O–H groups in total. The molecule has 2 heterocycles. The topological polar surface area (TPSA) is 31.9 Å². The van der Waals surface area contributed by atoms with Crippen LogP contribution in [0.5, 0.6) is 0 Å². The third-order valence-electron chi connectivity index (χ3n) is 10.8. The Kier molecular flexibility index (Phi) is 9.16. The maximum atomic E-state index is 4.84. The molecule has 0 aliphatic rings. The van der Waals surface area contributed by atoms with Crippen LogP contribution >= 0.6 is 0 Å². The van der Waals surface area contributed by atoms with Crippen molar-refractivity contribution >= 4 is 39.0 Å². The van der Waals surface area contributed by atoms with Crippen LogP contribution in [0.3, 0.4) is 0 Å². The molecule has 7 aromatic rings. The Bertz CT molecular complexity index is 2420. The minimum atomic E-state index is -0.0782. The Morgan fingerprint density at radius 2 is 1.00 bits per heavy atom. The maximum absolute atomic E-state index is 4.84. The smallest absolute Gasteiger partial charge is 0.137 e. The molecule has 0 fully saturated rings. The van der Waals surface area contributed by atoms with Gasteiger partial charge in [-0.2, -0.15) is 0 Å². The number of aromatic amines is 1. The van der Waals surface area contributed by atoms with Crippen molar-refractivity contribution in [2.75, 3.05) is 4.90 Å². The van der Waals surface area contributed by atoms with Gasteiger partial charge in [0.25, 0.3) is 0 Å². The number of hydrogen-bond donors (Lipinski definition) is 1. The van der Waals surface area contributed by atoms with Crippen LogP contribution < -0.4 is 4.90 Å². The van der Waals surface area contributed by atoms with E-state index in [-0.39, 0.29) is 21.7 Å². The van der Waals surface area contributed by atoms with E-state index in [1.54, 1.807) is 0 Å². The second kappa shape index (κ2) is 13.3. The zero-order valence-corrected chi connectivity index (χ0v) is 34.4. The van der Waals surface area contributed by atoms with Crippen molar-refractivity contribution < 1.29 is 0 Å². The lowest BCUT2D eigenvalue weighted by Gasteiger charge is -2.28. The van der Waals surface area contributed by atoms with Gasteiger partial charge in [0.05, 0.1) is 5.52 Å². The van der Waals surface area contributed by atoms with Gasteiger partial charge in [-0.15, -0.1) is 0 Å². The van der Waals surface area contributed by atoms with Gasteiger partial charge >= 0.3 is 0 Å². The minimum Gasteiger partial charge on any atom is -0.354 e. The van der Waals surface area contributed by atoms with E-state index in [4.69, 9.17) is 4.98 Å². The summed E-state index contributed by atoms with van der Waals surface area (Å²) in [5.74, 6) is 0.889. The maximum Gasteiger partial charge on any atom is 0.137 e. The average molecular weight is 712 g/mol. The standard InChI is InChI=1S/C51H57N3/c1-48(2,3)36-21-22-45-43(30-36)44-32-39(51(10,11)12)31-42(47(44)53-45)35-24-33(25-37(27-35)49(4,5)6)34-26-38(50(7,8)9)29-41(28-34)54(40-18-14-13-15-19-40)46-20-16-17-23-52-46/h13-32,53H,1-12H3. The molecule has 0 aliphatic heterocycles. The number of fused-ring (bicyclic) bond motifs is 3. The summed E-state index contributed by atoms with van der Waals surface area (Å²) in [5, 5.41) is 2.57. The van der Waals surface area contributed by atoms with Crippen molar-refractivity contribution in [2.45, 2.75) is 105 Å². The molecule has 3 heteroatoms. The van der Waals surface area contributed by atoms with Crippen LogP contribution in [0.1, 0.15) is 105 Å². The van der Waals surface area contributed by atoms with E-state index in [2.05, 4.69) is 202 Å². The van der Waals surface area contributed by atoms with E-state index in [1.807, 2.05) is 12.3 Å². The third kappa shape index (κ3) is 7.34. The lowest BCUT2D eigenvalue weighted by molar-refractivity contribution is 0.589. The molecule has 0 radical (unpaired) electrons. The molecule has 0 bridgehead atoms. The molecule has 0 saturated heterocycles. The normalized spacial score (nSPS) is 12.8. The highest BCUT2D eigenvalue weighted by molar-refractivity contribution is 6.12. The number of anilines is 3. The fourth-order valence-corrected chi connectivity index (χ4v) is 7.33. The summed E-state index contributed by atoms with van der Waals surface area (Å²) in [7, 11) is 0. The van der Waals surface area contributed by atoms with Gasteiger partial charge in [0.1, 0.15) is 5.82 Å². The summed E-state index contributed by atoms with van der Waals surface area (Å²) in [6.45, 7) is 27.7. The van der Waals surface area contributed by atoms with Crippen LogP contribution in [0.4, 0.5) is 17.2 Å². The number of H-pyrrole nitrogens is 1. The van der Waals surface area contributed by atoms with E-state index in [0.29, 0.717) is 0 Å². The van der Waals surface area contributed by atoms with Crippen LogP contribution in [-0.2, 0) is 21.7 Å². The molecule has 0 spiro atoms. The van der Waals surface area contributed by atoms with Gasteiger partial charge in [-0.1, -0.05) is 132 Å². The van der Waals surface area contributed by atoms with E-state index in [9.17, 15) is 0 Å². The summed E-state index contributed by atoms with van der Waals surface area (Å²) < 4.78 is 0. The predicted molar refractivity (Wildman–Crippen MR) is 234 cm³/mol. The van der Waals surface area contributed by atoms with Gasteiger partial charge in [-0.3, -0.25) is 4.90 Å². The van der Waals surface area contributed by atoms with Crippen molar-refractivity contribution in [2.24, 2.45) is 0 Å². The Balaban J connectivity index is 1.52. The van der Waals surface area contributed by atoms with Crippen molar-refractivity contribution in [1.29, 1.82) is 0 Å². The fraction of sp³-hybridized carbons (Fsp3) is 0.314. The number of aromatic nitrogens is 2. The van der Waals surface area contributed by atoms with Gasteiger partial charge in [-0.25, -0.2) is 4.98 Å². The monoisotopic (exact) mass is 711 g/mol. The second-order valence-corrected chi connectivity index (χ2v) is 19.3. The Hall–Kier alpha value is -5.15. The zero-order valence-electron chi connectivity index (χ0n) is 34.4. The largest absolute Gasteiger partial charge is 0.354 e. The number of hydrogen-bond acceptors (Lipinski definition) is 2. The van der Waals surface area contributed by atoms with Crippen LogP contribution in [0.15, 0.2) is 121 Å². The Morgan fingerprint density at radius 1 is 0.444 bits per heavy atom. The first-order valence-corrected chi connectivity index (χ1v) is 19.5. The molecule has 276 valence electrons. The molecular formula is C51H57N3. The van der Waals surface area contributed by atoms with Crippen LogP contribution in [-0.4, -0.2) is 9.97 Å². The fourth-order valence-electron chi connectivity index (χ4n) is 7.33. The van der Waals surface area contributed by atoms with Crippen molar-refractivity contribution in [3.8, 4) is 22.3 Å². The minimum absolute atomic E-state index is 0.0268. The number of para-hydroxylation sites is 1. The average Bonchev–Trinajstić information content (AvgIpc) is 3.49. The lowest BCUT2D eigenvalue weighted by atomic mass is 9.80. The molecule has 0 aliphatic carbocycles. The van der Waals surface area contributed by atoms with Gasteiger partial charge in [0.15, 0.2) is 0 Å². The third-order valence-corrected chi connectivity index (χ3v) is 10.8. The highest BCUT2D eigenvalue weighted by Gasteiger charge is 2.25. The van der Waals surface area contributed by atoms with E-state index in [0.717, 1.165) is 17.2 Å². The molecule has 3 nitrogen and oxygen atoms in total. The summed E-state index contributed by atoms with van der Waals surface area (Å²) >= 11 is 0. The molecule has 2 aromatic heterocycles. The molecular weight excluding hydrogens is 655 g/mol. The Morgan fingerprint density at radius 3 is 1.61 bits per heavy atom. The van der Waals surface area contributed by atoms with E-state index < -0.39 is 0 Å². The molecule has 0 saturated carbocycles. The van der Waals surface area contributed by atoms with Gasteiger partial charge < -0.3 is 4.98 Å². The first-order valence-electron chi connectivity index (χ1n) is 19.5. The molecule has 5 aromatic carbocycles.